The van der Waals surface area contributed by atoms with E-state index in [0.29, 0.717) is 0 Å². The van der Waals surface area contributed by atoms with E-state index in [9.17, 15) is 0 Å². The summed E-state index contributed by atoms with van der Waals surface area (Å²) in [6, 6.07) is 0. The first-order valence-corrected chi connectivity index (χ1v) is 4.88. The third-order valence-electron chi connectivity index (χ3n) is 1.08. The molecule has 2 N–H and O–H groups in total. The number of thiocarbonyl (C=S) groups is 1. The summed E-state index contributed by atoms with van der Waals surface area (Å²) in [5.74, 6) is 2.28. The fourth-order valence-corrected chi connectivity index (χ4v) is 2.38. The first-order chi connectivity index (χ1) is 3.72. The van der Waals surface area contributed by atoms with Crippen molar-refractivity contribution in [3.05, 3.63) is 0 Å². The second-order valence-corrected chi connectivity index (χ2v) is 5.08. The van der Waals surface area contributed by atoms with Crippen molar-refractivity contribution in [1.29, 1.82) is 0 Å². The van der Waals surface area contributed by atoms with Crippen molar-refractivity contribution in [2.24, 2.45) is 5.73 Å². The molecule has 0 aliphatic rings. The summed E-state index contributed by atoms with van der Waals surface area (Å²) in [7, 11) is -0.106. The zero-order valence-corrected chi connectivity index (χ0v) is 8.84. The van der Waals surface area contributed by atoms with Crippen LogP contribution in [-0.2, 0) is 22.4 Å². The molecule has 1 radical (unpaired) electrons. The Kier molecular flexibility index (Phi) is 9.96. The Balaban J connectivity index is 0. The standard InChI is InChI=1S/C5H13NS2.Ag/c1-3-8(4-2)5(6)7;/h8H,3-4H2,1-2H3,(H2,6,7);. The molecular formula is C5H13AgNS2. The Bertz CT molecular complexity index is 83.0. The van der Waals surface area contributed by atoms with E-state index in [4.69, 9.17) is 18.0 Å². The van der Waals surface area contributed by atoms with Gasteiger partial charge in [0.2, 0.25) is 0 Å². The summed E-state index contributed by atoms with van der Waals surface area (Å²) < 4.78 is 0.727. The summed E-state index contributed by atoms with van der Waals surface area (Å²) in [6.45, 7) is 4.27. The number of nitrogens with two attached hydrogens (primary N) is 1. The minimum Gasteiger partial charge on any atom is -0.386 e. The fourth-order valence-electron chi connectivity index (χ4n) is 0.535. The quantitative estimate of drug-likeness (QED) is 0.443. The summed E-state index contributed by atoms with van der Waals surface area (Å²) in [4.78, 5) is 0. The van der Waals surface area contributed by atoms with Crippen LogP contribution in [0.25, 0.3) is 0 Å². The SMILES string of the molecule is CC[SH](CC)C(N)=S.[Ag]. The van der Waals surface area contributed by atoms with Crippen LogP contribution in [-0.4, -0.2) is 15.8 Å². The van der Waals surface area contributed by atoms with Gasteiger partial charge in [0.15, 0.2) is 0 Å². The molecule has 0 aliphatic carbocycles. The molecule has 61 valence electrons. The maximum Gasteiger partial charge on any atom is 0.111 e. The van der Waals surface area contributed by atoms with Gasteiger partial charge in [-0.2, -0.15) is 0 Å². The molecule has 4 heteroatoms. The van der Waals surface area contributed by atoms with Crippen LogP contribution >= 0.6 is 23.1 Å². The Morgan fingerprint density at radius 3 is 1.78 bits per heavy atom. The minimum absolute atomic E-state index is 0. The average Bonchev–Trinajstić information content (AvgIpc) is 1.69. The van der Waals surface area contributed by atoms with Gasteiger partial charge >= 0.3 is 0 Å². The van der Waals surface area contributed by atoms with Crippen LogP contribution in [0.5, 0.6) is 0 Å². The van der Waals surface area contributed by atoms with E-state index in [1.54, 1.807) is 0 Å². The van der Waals surface area contributed by atoms with Crippen LogP contribution in [0.15, 0.2) is 0 Å². The van der Waals surface area contributed by atoms with E-state index < -0.39 is 0 Å². The summed E-state index contributed by atoms with van der Waals surface area (Å²) in [5.41, 5.74) is 5.42. The predicted octanol–water partition coefficient (Wildman–Crippen LogP) is 1.27. The second kappa shape index (κ2) is 7.09. The Labute approximate surface area is 80.6 Å². The van der Waals surface area contributed by atoms with E-state index in [-0.39, 0.29) is 33.3 Å². The molecule has 0 saturated carbocycles. The van der Waals surface area contributed by atoms with E-state index in [2.05, 4.69) is 13.8 Å². The molecule has 0 atom stereocenters. The summed E-state index contributed by atoms with van der Waals surface area (Å²) in [5, 5.41) is 0. The van der Waals surface area contributed by atoms with Gasteiger partial charge in [-0.15, -0.1) is 0 Å². The largest absolute Gasteiger partial charge is 0.386 e. The van der Waals surface area contributed by atoms with Crippen LogP contribution in [0.4, 0.5) is 0 Å². The third-order valence-corrected chi connectivity index (χ3v) is 4.00. The van der Waals surface area contributed by atoms with Crippen molar-refractivity contribution in [1.82, 2.24) is 0 Å². The predicted molar refractivity (Wildman–Crippen MR) is 46.9 cm³/mol. The van der Waals surface area contributed by atoms with Crippen molar-refractivity contribution >= 4 is 27.4 Å². The first-order valence-electron chi connectivity index (χ1n) is 2.76. The molecule has 0 spiro atoms. The molecule has 0 amide bonds. The van der Waals surface area contributed by atoms with Gasteiger partial charge < -0.3 is 5.73 Å². The minimum atomic E-state index is -0.106. The Morgan fingerprint density at radius 2 is 1.78 bits per heavy atom. The van der Waals surface area contributed by atoms with Gasteiger partial charge in [-0.1, -0.05) is 26.1 Å². The van der Waals surface area contributed by atoms with Gasteiger partial charge in [0.25, 0.3) is 0 Å². The molecule has 1 nitrogen and oxygen atoms in total. The zero-order chi connectivity index (χ0) is 6.57. The second-order valence-electron chi connectivity index (χ2n) is 1.51. The molecule has 0 aromatic carbocycles. The number of hydrogen-bond acceptors (Lipinski definition) is 1. The molecule has 0 heterocycles. The Hall–Kier alpha value is 0.980. The molecular weight excluding hydrogens is 246 g/mol. The first kappa shape index (κ1) is 12.6. The normalized spacial score (nSPS) is 9.78. The molecule has 0 unspecified atom stereocenters. The molecule has 9 heavy (non-hydrogen) atoms. The molecule has 0 rings (SSSR count). The number of rotatable bonds is 2. The van der Waals surface area contributed by atoms with E-state index >= 15 is 0 Å². The van der Waals surface area contributed by atoms with Gasteiger partial charge in [0, 0.05) is 22.4 Å². The topological polar surface area (TPSA) is 26.0 Å². The van der Waals surface area contributed by atoms with E-state index in [1.807, 2.05) is 0 Å². The third kappa shape index (κ3) is 5.43. The van der Waals surface area contributed by atoms with E-state index in [0.717, 1.165) is 15.8 Å². The monoisotopic (exact) mass is 258 g/mol. The average molecular weight is 259 g/mol. The molecule has 0 saturated heterocycles. The van der Waals surface area contributed by atoms with E-state index in [1.165, 1.54) is 0 Å². The van der Waals surface area contributed by atoms with Crippen LogP contribution in [0.3, 0.4) is 0 Å². The van der Waals surface area contributed by atoms with Gasteiger partial charge in [-0.05, 0) is 11.5 Å². The van der Waals surface area contributed by atoms with Crippen molar-refractivity contribution in [2.45, 2.75) is 13.8 Å². The molecule has 0 aromatic heterocycles. The van der Waals surface area contributed by atoms with Crippen molar-refractivity contribution in [3.63, 3.8) is 0 Å². The van der Waals surface area contributed by atoms with Gasteiger partial charge in [-0.3, -0.25) is 0 Å². The van der Waals surface area contributed by atoms with Crippen LogP contribution in [0, 0.1) is 0 Å². The number of hydrogen-bond donors (Lipinski definition) is 2. The molecule has 0 aliphatic heterocycles. The molecule has 0 aromatic rings. The Morgan fingerprint density at radius 1 is 1.44 bits per heavy atom. The van der Waals surface area contributed by atoms with Gasteiger partial charge in [0.05, 0.1) is 0 Å². The molecule has 0 fully saturated rings. The van der Waals surface area contributed by atoms with Crippen LogP contribution < -0.4 is 5.73 Å². The van der Waals surface area contributed by atoms with Crippen molar-refractivity contribution < 1.29 is 22.4 Å². The summed E-state index contributed by atoms with van der Waals surface area (Å²) in [6.07, 6.45) is 0. The van der Waals surface area contributed by atoms with Crippen molar-refractivity contribution in [2.75, 3.05) is 11.5 Å². The van der Waals surface area contributed by atoms with Crippen LogP contribution in [0.1, 0.15) is 13.8 Å². The number of thiol groups is 1. The van der Waals surface area contributed by atoms with Crippen molar-refractivity contribution in [3.8, 4) is 0 Å². The molecule has 0 bridgehead atoms. The van der Waals surface area contributed by atoms with Crippen LogP contribution in [0.2, 0.25) is 0 Å². The van der Waals surface area contributed by atoms with Gasteiger partial charge in [-0.25, -0.2) is 10.9 Å². The summed E-state index contributed by atoms with van der Waals surface area (Å²) >= 11 is 4.82. The fraction of sp³-hybridized carbons (Fsp3) is 0.800. The maximum atomic E-state index is 5.42. The zero-order valence-electron chi connectivity index (χ0n) is 5.65. The van der Waals surface area contributed by atoms with Gasteiger partial charge in [0.1, 0.15) is 4.32 Å². The smallest absolute Gasteiger partial charge is 0.111 e. The maximum absolute atomic E-state index is 5.42.